The van der Waals surface area contributed by atoms with Crippen LogP contribution in [0, 0.1) is 0 Å². The van der Waals surface area contributed by atoms with E-state index in [2.05, 4.69) is 172 Å². The smallest absolute Gasteiger partial charge is 0.0600 e. The fourth-order valence-electron chi connectivity index (χ4n) is 7.16. The van der Waals surface area contributed by atoms with E-state index in [4.69, 9.17) is 0 Å². The number of likely N-dealkylation sites (N-methyl/N-ethyl adjacent to an activating group) is 2. The van der Waals surface area contributed by atoms with Gasteiger partial charge in [0.25, 0.3) is 0 Å². The number of hydrogen-bond acceptors (Lipinski definition) is 7. The van der Waals surface area contributed by atoms with Gasteiger partial charge in [0.05, 0.1) is 17.4 Å². The Morgan fingerprint density at radius 1 is 0.943 bits per heavy atom. The first-order chi connectivity index (χ1) is 25.5. The van der Waals surface area contributed by atoms with Crippen LogP contribution in [0.5, 0.6) is 0 Å². The number of H-pyrrole nitrogens is 1. The van der Waals surface area contributed by atoms with E-state index in [0.717, 1.165) is 76.8 Å². The van der Waals surface area contributed by atoms with E-state index >= 15 is 0 Å². The topological polar surface area (TPSA) is 83.1 Å². The molecule has 3 aromatic carbocycles. The van der Waals surface area contributed by atoms with E-state index in [-0.39, 0.29) is 12.1 Å². The second kappa shape index (κ2) is 18.5. The van der Waals surface area contributed by atoms with Gasteiger partial charge < -0.3 is 30.7 Å². The molecule has 0 radical (unpaired) electrons. The zero-order valence-corrected chi connectivity index (χ0v) is 33.5. The van der Waals surface area contributed by atoms with Gasteiger partial charge in [-0.2, -0.15) is 0 Å². The van der Waals surface area contributed by atoms with Gasteiger partial charge in [-0.05, 0) is 113 Å². The van der Waals surface area contributed by atoms with Crippen LogP contribution in [0.15, 0.2) is 114 Å². The molecule has 3 atom stereocenters. The van der Waals surface area contributed by atoms with Crippen LogP contribution in [0.3, 0.4) is 0 Å². The van der Waals surface area contributed by atoms with Crippen LogP contribution in [0.2, 0.25) is 0 Å². The fourth-order valence-corrected chi connectivity index (χ4v) is 8.42. The highest BCUT2D eigenvalue weighted by Gasteiger charge is 2.26. The predicted molar refractivity (Wildman–Crippen MR) is 234 cm³/mol. The number of fused-ring (bicyclic) bond motifs is 1. The highest BCUT2D eigenvalue weighted by atomic mass is 32.3. The Morgan fingerprint density at radius 2 is 1.55 bits per heavy atom. The third kappa shape index (κ3) is 10.5. The largest absolute Gasteiger partial charge is 0.382 e. The number of nitrogens with zero attached hydrogens (tertiary/aromatic N) is 4. The summed E-state index contributed by atoms with van der Waals surface area (Å²) in [6.07, 6.45) is 16.2. The number of aliphatic imine (C=N–C) groups is 2. The number of benzene rings is 3. The van der Waals surface area contributed by atoms with Crippen molar-refractivity contribution in [1.82, 2.24) is 30.7 Å². The Hall–Kier alpha value is -4.57. The lowest BCUT2D eigenvalue weighted by atomic mass is 10.0. The number of rotatable bonds is 19. The lowest BCUT2D eigenvalue weighted by Gasteiger charge is -2.42. The molecule has 0 saturated carbocycles. The van der Waals surface area contributed by atoms with Gasteiger partial charge in [-0.1, -0.05) is 73.3 Å². The van der Waals surface area contributed by atoms with Crippen molar-refractivity contribution in [2.45, 2.75) is 44.3 Å². The number of aromatic nitrogens is 1. The van der Waals surface area contributed by atoms with Crippen LogP contribution in [-0.2, 0) is 6.42 Å². The van der Waals surface area contributed by atoms with Crippen molar-refractivity contribution in [3.8, 4) is 11.1 Å². The molecule has 1 aromatic heterocycles. The first-order valence-corrected chi connectivity index (χ1v) is 21.6. The average Bonchev–Trinajstić information content (AvgIpc) is 3.77. The molecule has 1 aliphatic heterocycles. The van der Waals surface area contributed by atoms with E-state index in [1.165, 1.54) is 23.8 Å². The van der Waals surface area contributed by atoms with Gasteiger partial charge in [0.15, 0.2) is 0 Å². The van der Waals surface area contributed by atoms with Crippen LogP contribution in [0.1, 0.15) is 36.5 Å². The van der Waals surface area contributed by atoms with Crippen LogP contribution < -0.4 is 16.0 Å². The van der Waals surface area contributed by atoms with Gasteiger partial charge >= 0.3 is 0 Å². The molecule has 0 aliphatic carbocycles. The van der Waals surface area contributed by atoms with Gasteiger partial charge in [-0.3, -0.25) is 9.98 Å². The standard InChI is InChI=1S/C44H60N8S/c1-32(52(31-53(7,8)9)33(2)42(47-5)25-38-27-49-41-15-11-10-14-40(38)41)26-48-43(29-45-3)36-20-16-34(17-21-36)35-18-22-37(23-19-35)44(30-46-4)50-28-39-13-12-24-51(39)6/h10-11,14-23,27,29-30,32,39,42,47-50H,2-4,12-13,24-26,28,31H2,1,5-9H3/b43-29-,44-30-/t32-,39?,42+/m0/s1. The minimum absolute atomic E-state index is 0.0985. The Morgan fingerprint density at radius 3 is 2.09 bits per heavy atom. The molecule has 4 N–H and O–H groups in total. The molecule has 282 valence electrons. The molecule has 53 heavy (non-hydrogen) atoms. The number of aromatic amines is 1. The second-order valence-corrected chi connectivity index (χ2v) is 19.5. The maximum atomic E-state index is 4.68. The number of para-hydroxylation sites is 1. The molecular formula is C44H60N8S. The summed E-state index contributed by atoms with van der Waals surface area (Å²) in [5.74, 6) is 0.961. The quantitative estimate of drug-likeness (QED) is 0.0741. The third-order valence-corrected chi connectivity index (χ3v) is 11.3. The maximum absolute atomic E-state index is 4.68. The van der Waals surface area contributed by atoms with E-state index in [1.54, 1.807) is 0 Å². The molecule has 8 nitrogen and oxygen atoms in total. The summed E-state index contributed by atoms with van der Waals surface area (Å²) in [6, 6.07) is 26.6. The zero-order valence-electron chi connectivity index (χ0n) is 32.7. The fraction of sp³-hybridized carbons (Fsp3) is 0.364. The van der Waals surface area contributed by atoms with Gasteiger partial charge in [0, 0.05) is 66.2 Å². The summed E-state index contributed by atoms with van der Waals surface area (Å²) < 4.78 is 0. The minimum atomic E-state index is -0.859. The molecule has 9 heteroatoms. The first-order valence-electron chi connectivity index (χ1n) is 18.6. The van der Waals surface area contributed by atoms with Gasteiger partial charge in [0.1, 0.15) is 0 Å². The normalized spacial score (nSPS) is 17.0. The van der Waals surface area contributed by atoms with Crippen molar-refractivity contribution in [3.63, 3.8) is 0 Å². The summed E-state index contributed by atoms with van der Waals surface area (Å²) in [7, 11) is 3.38. The molecular weight excluding hydrogens is 673 g/mol. The number of hydrogen-bond donors (Lipinski definition) is 4. The molecule has 0 spiro atoms. The van der Waals surface area contributed by atoms with Crippen LogP contribution >= 0.6 is 10.0 Å². The van der Waals surface area contributed by atoms with Gasteiger partial charge in [-0.25, -0.2) is 10.0 Å². The number of nitrogens with one attached hydrogen (secondary N) is 4. The van der Waals surface area contributed by atoms with Gasteiger partial charge in [0.2, 0.25) is 0 Å². The third-order valence-electron chi connectivity index (χ3n) is 10.2. The minimum Gasteiger partial charge on any atom is -0.382 e. The molecule has 1 aliphatic rings. The van der Waals surface area contributed by atoms with Crippen molar-refractivity contribution in [2.75, 3.05) is 58.4 Å². The van der Waals surface area contributed by atoms with E-state index < -0.39 is 10.0 Å². The molecule has 1 saturated heterocycles. The first kappa shape index (κ1) is 39.6. The summed E-state index contributed by atoms with van der Waals surface area (Å²) in [6.45, 7) is 17.2. The lowest BCUT2D eigenvalue weighted by molar-refractivity contribution is 0.282. The maximum Gasteiger partial charge on any atom is 0.0600 e. The summed E-state index contributed by atoms with van der Waals surface area (Å²) in [5.41, 5.74) is 9.97. The Labute approximate surface area is 319 Å². The van der Waals surface area contributed by atoms with Crippen molar-refractivity contribution >= 4 is 45.8 Å². The Kier molecular flexibility index (Phi) is 13.8. The Balaban J connectivity index is 1.25. The van der Waals surface area contributed by atoms with E-state index in [0.29, 0.717) is 6.04 Å². The van der Waals surface area contributed by atoms with Crippen LogP contribution in [-0.4, -0.2) is 105 Å². The highest BCUT2D eigenvalue weighted by Crippen LogP contribution is 2.38. The van der Waals surface area contributed by atoms with Gasteiger partial charge in [-0.15, -0.1) is 0 Å². The molecule has 2 heterocycles. The summed E-state index contributed by atoms with van der Waals surface area (Å²) >= 11 is 0. The SMILES string of the molecule is C=N/C=C(\NCC1CCCN1C)c1ccc(-c2ccc(/C(=C/N=C)NC[C@H](C)N(CS(C)(C)C)C(=C)[C@@H](Cc3c[nH]c4ccccc34)NC)cc2)cc1. The highest BCUT2D eigenvalue weighted by molar-refractivity contribution is 8.32. The lowest BCUT2D eigenvalue weighted by Crippen LogP contribution is -2.46. The predicted octanol–water partition coefficient (Wildman–Crippen LogP) is 7.79. The monoisotopic (exact) mass is 732 g/mol. The van der Waals surface area contributed by atoms with Crippen molar-refractivity contribution in [1.29, 1.82) is 0 Å². The molecule has 0 bridgehead atoms. The average molecular weight is 733 g/mol. The summed E-state index contributed by atoms with van der Waals surface area (Å²) in [4.78, 5) is 16.6. The van der Waals surface area contributed by atoms with Crippen molar-refractivity contribution in [2.24, 2.45) is 9.98 Å². The molecule has 1 fully saturated rings. The summed E-state index contributed by atoms with van der Waals surface area (Å²) in [5, 5.41) is 12.2. The molecule has 4 aromatic rings. The molecule has 5 rings (SSSR count). The van der Waals surface area contributed by atoms with Crippen LogP contribution in [0.25, 0.3) is 33.4 Å². The Bertz CT molecular complexity index is 1880. The van der Waals surface area contributed by atoms with Crippen molar-refractivity contribution < 1.29 is 0 Å². The second-order valence-electron chi connectivity index (χ2n) is 15.1. The van der Waals surface area contributed by atoms with Crippen LogP contribution in [0.4, 0.5) is 0 Å². The molecule has 1 unspecified atom stereocenters. The van der Waals surface area contributed by atoms with E-state index in [1.807, 2.05) is 19.4 Å². The van der Waals surface area contributed by atoms with E-state index in [9.17, 15) is 0 Å². The number of likely N-dealkylation sites (tertiary alicyclic amines) is 1. The van der Waals surface area contributed by atoms with Crippen molar-refractivity contribution in [3.05, 3.63) is 120 Å². The molecule has 0 amide bonds. The zero-order chi connectivity index (χ0) is 38.0.